The molecular weight excluding hydrogens is 236 g/mol. The Morgan fingerprint density at radius 2 is 2.00 bits per heavy atom. The van der Waals surface area contributed by atoms with Crippen molar-refractivity contribution >= 4 is 6.47 Å². The Morgan fingerprint density at radius 3 is 2.58 bits per heavy atom. The highest BCUT2D eigenvalue weighted by Gasteiger charge is 2.49. The molecule has 2 saturated carbocycles. The molecule has 2 heteroatoms. The van der Waals surface area contributed by atoms with Crippen molar-refractivity contribution in [1.29, 1.82) is 0 Å². The van der Waals surface area contributed by atoms with E-state index >= 15 is 0 Å². The van der Waals surface area contributed by atoms with Gasteiger partial charge in [0.1, 0.15) is 5.75 Å². The van der Waals surface area contributed by atoms with E-state index in [0.717, 1.165) is 23.7 Å². The molecule has 0 aliphatic heterocycles. The van der Waals surface area contributed by atoms with Crippen molar-refractivity contribution in [3.63, 3.8) is 0 Å². The Balaban J connectivity index is 1.86. The Bertz CT molecular complexity index is 492. The van der Waals surface area contributed by atoms with Gasteiger partial charge in [0.15, 0.2) is 0 Å². The van der Waals surface area contributed by atoms with E-state index in [1.54, 1.807) is 0 Å². The fourth-order valence-electron chi connectivity index (χ4n) is 4.49. The molecule has 2 nitrogen and oxygen atoms in total. The van der Waals surface area contributed by atoms with Gasteiger partial charge in [0, 0.05) is 0 Å². The molecule has 0 N–H and O–H groups in total. The van der Waals surface area contributed by atoms with Gasteiger partial charge < -0.3 is 4.74 Å². The molecule has 5 atom stereocenters. The first-order valence-corrected chi connectivity index (χ1v) is 7.32. The van der Waals surface area contributed by atoms with Crippen LogP contribution in [0.15, 0.2) is 18.2 Å². The van der Waals surface area contributed by atoms with Gasteiger partial charge in [-0.1, -0.05) is 19.9 Å². The summed E-state index contributed by atoms with van der Waals surface area (Å²) in [6.07, 6.45) is 2.74. The molecular formula is C17H22O2. The van der Waals surface area contributed by atoms with Gasteiger partial charge in [0.2, 0.25) is 0 Å². The lowest BCUT2D eigenvalue weighted by atomic mass is 9.72. The van der Waals surface area contributed by atoms with Gasteiger partial charge >= 0.3 is 0 Å². The highest BCUT2D eigenvalue weighted by Crippen LogP contribution is 2.58. The maximum absolute atomic E-state index is 10.4. The molecule has 1 aromatic rings. The van der Waals surface area contributed by atoms with E-state index in [-0.39, 0.29) is 0 Å². The summed E-state index contributed by atoms with van der Waals surface area (Å²) in [6, 6.07) is 6.08. The summed E-state index contributed by atoms with van der Waals surface area (Å²) in [7, 11) is 0. The lowest BCUT2D eigenvalue weighted by Gasteiger charge is -2.32. The van der Waals surface area contributed by atoms with Crippen LogP contribution in [0.2, 0.25) is 0 Å². The van der Waals surface area contributed by atoms with Crippen molar-refractivity contribution in [1.82, 2.24) is 0 Å². The fourth-order valence-corrected chi connectivity index (χ4v) is 4.49. The van der Waals surface area contributed by atoms with Gasteiger partial charge in [-0.25, -0.2) is 0 Å². The molecule has 0 heterocycles. The predicted octanol–water partition coefficient (Wildman–Crippen LogP) is 3.93. The van der Waals surface area contributed by atoms with Crippen molar-refractivity contribution in [3.05, 3.63) is 29.3 Å². The molecule has 102 valence electrons. The number of fused-ring (bicyclic) bond motifs is 2. The van der Waals surface area contributed by atoms with Crippen LogP contribution in [0, 0.1) is 30.6 Å². The van der Waals surface area contributed by atoms with Crippen LogP contribution < -0.4 is 4.74 Å². The van der Waals surface area contributed by atoms with E-state index in [1.807, 2.05) is 12.1 Å². The summed E-state index contributed by atoms with van der Waals surface area (Å²) in [4.78, 5) is 10.4. The number of carbonyl (C=O) groups excluding carboxylic acids is 1. The molecule has 2 aliphatic rings. The van der Waals surface area contributed by atoms with Crippen molar-refractivity contribution in [3.8, 4) is 5.75 Å². The highest BCUT2D eigenvalue weighted by molar-refractivity contribution is 5.47. The van der Waals surface area contributed by atoms with Gasteiger partial charge in [-0.3, -0.25) is 4.79 Å². The third-order valence-corrected chi connectivity index (χ3v) is 5.72. The van der Waals surface area contributed by atoms with Crippen molar-refractivity contribution in [2.75, 3.05) is 0 Å². The number of rotatable bonds is 3. The minimum absolute atomic E-state index is 0.496. The molecule has 2 aliphatic carbocycles. The second-order valence-electron chi connectivity index (χ2n) is 6.45. The third kappa shape index (κ3) is 1.98. The monoisotopic (exact) mass is 258 g/mol. The summed E-state index contributed by atoms with van der Waals surface area (Å²) in [6.45, 7) is 7.46. The van der Waals surface area contributed by atoms with E-state index in [4.69, 9.17) is 4.74 Å². The zero-order chi connectivity index (χ0) is 13.6. The van der Waals surface area contributed by atoms with Gasteiger partial charge in [-0.05, 0) is 72.6 Å². The molecule has 0 aromatic heterocycles. The Morgan fingerprint density at radius 1 is 1.21 bits per heavy atom. The fraction of sp³-hybridized carbons (Fsp3) is 0.588. The van der Waals surface area contributed by atoms with Gasteiger partial charge in [0.05, 0.1) is 0 Å². The van der Waals surface area contributed by atoms with Gasteiger partial charge in [0.25, 0.3) is 6.47 Å². The molecule has 0 amide bonds. The zero-order valence-corrected chi connectivity index (χ0v) is 11.9. The maximum atomic E-state index is 10.4. The summed E-state index contributed by atoms with van der Waals surface area (Å²) < 4.78 is 4.92. The molecule has 2 fully saturated rings. The average molecular weight is 258 g/mol. The summed E-state index contributed by atoms with van der Waals surface area (Å²) in [5, 5.41) is 0. The van der Waals surface area contributed by atoms with Crippen LogP contribution in [0.25, 0.3) is 0 Å². The molecule has 3 rings (SSSR count). The first-order valence-electron chi connectivity index (χ1n) is 7.32. The number of hydrogen-bond donors (Lipinski definition) is 0. The largest absolute Gasteiger partial charge is 0.429 e. The summed E-state index contributed by atoms with van der Waals surface area (Å²) in [5.74, 6) is 4.85. The highest BCUT2D eigenvalue weighted by atomic mass is 16.5. The van der Waals surface area contributed by atoms with Crippen LogP contribution in [0.3, 0.4) is 0 Å². The van der Waals surface area contributed by atoms with E-state index < -0.39 is 0 Å². The van der Waals surface area contributed by atoms with Crippen LogP contribution in [0.1, 0.15) is 43.7 Å². The maximum Gasteiger partial charge on any atom is 0.298 e. The minimum atomic E-state index is 0.496. The molecule has 1 aromatic carbocycles. The number of hydrogen-bond acceptors (Lipinski definition) is 2. The topological polar surface area (TPSA) is 26.3 Å². The normalized spacial score (nSPS) is 36.5. The molecule has 0 spiro atoms. The predicted molar refractivity (Wildman–Crippen MR) is 75.2 cm³/mol. The first-order chi connectivity index (χ1) is 9.11. The lowest BCUT2D eigenvalue weighted by molar-refractivity contribution is -0.120. The standard InChI is InChI=1S/C17H22O2/c1-10-6-14(19-9-18)4-5-15(10)17-8-13-7-16(17)12(3)11(13)2/h4-6,9,11-13,16-17H,7-8H2,1-3H3. The molecule has 2 bridgehead atoms. The zero-order valence-electron chi connectivity index (χ0n) is 11.9. The van der Waals surface area contributed by atoms with Crippen LogP contribution in [0.5, 0.6) is 5.75 Å². The number of ether oxygens (including phenoxy) is 1. The van der Waals surface area contributed by atoms with E-state index in [2.05, 4.69) is 26.8 Å². The second-order valence-corrected chi connectivity index (χ2v) is 6.45. The van der Waals surface area contributed by atoms with Gasteiger partial charge in [-0.15, -0.1) is 0 Å². The van der Waals surface area contributed by atoms with E-state index in [0.29, 0.717) is 18.1 Å². The van der Waals surface area contributed by atoms with Crippen LogP contribution in [-0.4, -0.2) is 6.47 Å². The van der Waals surface area contributed by atoms with Crippen LogP contribution in [-0.2, 0) is 4.79 Å². The Hall–Kier alpha value is -1.31. The number of benzene rings is 1. The van der Waals surface area contributed by atoms with Crippen molar-refractivity contribution in [2.45, 2.75) is 39.5 Å². The van der Waals surface area contributed by atoms with Crippen molar-refractivity contribution in [2.24, 2.45) is 23.7 Å². The minimum Gasteiger partial charge on any atom is -0.429 e. The SMILES string of the molecule is Cc1cc(OC=O)ccc1C1CC2CC1C(C)C2C. The number of aryl methyl sites for hydroxylation is 1. The Labute approximate surface area is 115 Å². The first kappa shape index (κ1) is 12.7. The summed E-state index contributed by atoms with van der Waals surface area (Å²) >= 11 is 0. The van der Waals surface area contributed by atoms with E-state index in [1.165, 1.54) is 24.0 Å². The summed E-state index contributed by atoms with van der Waals surface area (Å²) in [5.41, 5.74) is 2.72. The molecule has 5 unspecified atom stereocenters. The molecule has 19 heavy (non-hydrogen) atoms. The molecule has 0 radical (unpaired) electrons. The number of carbonyl (C=O) groups is 1. The third-order valence-electron chi connectivity index (χ3n) is 5.72. The van der Waals surface area contributed by atoms with Crippen LogP contribution >= 0.6 is 0 Å². The molecule has 0 saturated heterocycles. The van der Waals surface area contributed by atoms with Crippen molar-refractivity contribution < 1.29 is 9.53 Å². The van der Waals surface area contributed by atoms with Gasteiger partial charge in [-0.2, -0.15) is 0 Å². The van der Waals surface area contributed by atoms with E-state index in [9.17, 15) is 4.79 Å². The van der Waals surface area contributed by atoms with Crippen LogP contribution in [0.4, 0.5) is 0 Å². The average Bonchev–Trinajstić information content (AvgIpc) is 2.91. The Kier molecular flexibility index (Phi) is 3.12. The second kappa shape index (κ2) is 4.66. The quantitative estimate of drug-likeness (QED) is 0.768. The smallest absolute Gasteiger partial charge is 0.298 e. The lowest BCUT2D eigenvalue weighted by Crippen LogP contribution is -2.23.